The Morgan fingerprint density at radius 3 is 2.46 bits per heavy atom. The van der Waals surface area contributed by atoms with Crippen molar-refractivity contribution in [2.24, 2.45) is 0 Å². The molecule has 0 amide bonds. The summed E-state index contributed by atoms with van der Waals surface area (Å²) in [5.41, 5.74) is 4.90. The van der Waals surface area contributed by atoms with Crippen molar-refractivity contribution in [2.75, 3.05) is 0 Å². The molecule has 0 aliphatic rings. The summed E-state index contributed by atoms with van der Waals surface area (Å²) in [7, 11) is 0. The molecule has 0 saturated heterocycles. The van der Waals surface area contributed by atoms with Crippen LogP contribution in [-0.2, 0) is 6.54 Å². The lowest BCUT2D eigenvalue weighted by Crippen LogP contribution is -2.83. The van der Waals surface area contributed by atoms with Crippen LogP contribution < -0.4 is 10.9 Å². The highest BCUT2D eigenvalue weighted by molar-refractivity contribution is 6.30. The minimum absolute atomic E-state index is 0.274. The average Bonchev–Trinajstić information content (AvgIpc) is 2.54. The van der Waals surface area contributed by atoms with Crippen molar-refractivity contribution in [1.29, 1.82) is 0 Å². The first kappa shape index (κ1) is 16.7. The molecule has 0 aliphatic carbocycles. The van der Waals surface area contributed by atoms with Gasteiger partial charge in [0.25, 0.3) is 0 Å². The molecule has 0 saturated carbocycles. The predicted molar refractivity (Wildman–Crippen MR) is 97.5 cm³/mol. The first-order valence-electron chi connectivity index (χ1n) is 8.07. The van der Waals surface area contributed by atoms with Gasteiger partial charge in [-0.05, 0) is 56.2 Å². The van der Waals surface area contributed by atoms with Crippen LogP contribution in [0.1, 0.15) is 35.2 Å². The van der Waals surface area contributed by atoms with Crippen molar-refractivity contribution in [3.05, 3.63) is 80.2 Å². The van der Waals surface area contributed by atoms with Gasteiger partial charge in [-0.1, -0.05) is 23.7 Å². The molecule has 24 heavy (non-hydrogen) atoms. The van der Waals surface area contributed by atoms with E-state index >= 15 is 0 Å². The number of hydrogen-bond acceptors (Lipinski definition) is 2. The van der Waals surface area contributed by atoms with Gasteiger partial charge < -0.3 is 9.73 Å². The van der Waals surface area contributed by atoms with Gasteiger partial charge in [0.15, 0.2) is 0 Å². The normalized spacial score (nSPS) is 12.5. The van der Waals surface area contributed by atoms with Gasteiger partial charge in [0.1, 0.15) is 18.2 Å². The lowest BCUT2D eigenvalue weighted by molar-refractivity contribution is -0.707. The highest BCUT2D eigenvalue weighted by atomic mass is 35.5. The average molecular weight is 343 g/mol. The van der Waals surface area contributed by atoms with E-state index in [1.54, 1.807) is 6.07 Å². The molecule has 4 heteroatoms. The number of nitrogens with two attached hydrogens (primary N) is 1. The number of hydrogen-bond donors (Lipinski definition) is 1. The van der Waals surface area contributed by atoms with Gasteiger partial charge in [0.05, 0.1) is 0 Å². The van der Waals surface area contributed by atoms with Crippen LogP contribution in [0.4, 0.5) is 0 Å². The maximum atomic E-state index is 11.9. The standard InChI is InChI=1S/C20H20ClNO2/c1-12-8-18-16(10-20(23)24-19(18)9-13(12)2)11-22-14(3)15-4-6-17(21)7-5-15/h4-10,14,22H,11H2,1-3H3/p+1/t14-/m0/s1. The quantitative estimate of drug-likeness (QED) is 0.731. The molecule has 3 aromatic rings. The van der Waals surface area contributed by atoms with Crippen LogP contribution in [0.2, 0.25) is 5.02 Å². The Morgan fingerprint density at radius 1 is 1.08 bits per heavy atom. The Bertz CT molecular complexity index is 929. The Hall–Kier alpha value is -2.10. The summed E-state index contributed by atoms with van der Waals surface area (Å²) >= 11 is 5.94. The lowest BCUT2D eigenvalue weighted by Gasteiger charge is -2.13. The van der Waals surface area contributed by atoms with Gasteiger partial charge in [-0.25, -0.2) is 4.79 Å². The molecular weight excluding hydrogens is 322 g/mol. The highest BCUT2D eigenvalue weighted by Gasteiger charge is 2.12. The Kier molecular flexibility index (Phi) is 4.74. The zero-order chi connectivity index (χ0) is 17.3. The zero-order valence-electron chi connectivity index (χ0n) is 14.1. The van der Waals surface area contributed by atoms with E-state index in [-0.39, 0.29) is 11.7 Å². The van der Waals surface area contributed by atoms with Gasteiger partial charge in [-0.3, -0.25) is 0 Å². The van der Waals surface area contributed by atoms with Crippen LogP contribution >= 0.6 is 11.6 Å². The molecule has 0 radical (unpaired) electrons. The van der Waals surface area contributed by atoms with Crippen molar-refractivity contribution < 1.29 is 9.73 Å². The molecule has 0 aliphatic heterocycles. The van der Waals surface area contributed by atoms with Gasteiger partial charge in [0, 0.05) is 27.6 Å². The minimum atomic E-state index is -0.298. The smallest absolute Gasteiger partial charge is 0.336 e. The van der Waals surface area contributed by atoms with E-state index in [4.69, 9.17) is 16.0 Å². The number of quaternary nitrogens is 1. The summed E-state index contributed by atoms with van der Waals surface area (Å²) in [6.45, 7) is 6.96. The van der Waals surface area contributed by atoms with Crippen molar-refractivity contribution in [3.63, 3.8) is 0 Å². The molecule has 0 spiro atoms. The lowest BCUT2D eigenvalue weighted by atomic mass is 10.0. The largest absolute Gasteiger partial charge is 0.423 e. The first-order chi connectivity index (χ1) is 11.4. The molecule has 1 heterocycles. The van der Waals surface area contributed by atoms with Crippen molar-refractivity contribution >= 4 is 22.6 Å². The Morgan fingerprint density at radius 2 is 1.75 bits per heavy atom. The second-order valence-corrected chi connectivity index (χ2v) is 6.74. The second-order valence-electron chi connectivity index (χ2n) is 6.30. The molecule has 3 nitrogen and oxygen atoms in total. The van der Waals surface area contributed by atoms with Crippen LogP contribution in [0.15, 0.2) is 51.7 Å². The van der Waals surface area contributed by atoms with E-state index in [2.05, 4.69) is 25.2 Å². The summed E-state index contributed by atoms with van der Waals surface area (Å²) in [6, 6.07) is 13.8. The molecule has 1 aromatic heterocycles. The number of aryl methyl sites for hydroxylation is 2. The monoisotopic (exact) mass is 342 g/mol. The molecule has 1 atom stereocenters. The maximum Gasteiger partial charge on any atom is 0.336 e. The molecule has 0 bridgehead atoms. The molecule has 124 valence electrons. The zero-order valence-corrected chi connectivity index (χ0v) is 14.9. The number of rotatable bonds is 4. The Labute approximate surface area is 146 Å². The number of fused-ring (bicyclic) bond motifs is 1. The van der Waals surface area contributed by atoms with E-state index in [0.29, 0.717) is 12.1 Å². The van der Waals surface area contributed by atoms with Crippen LogP contribution in [0.25, 0.3) is 11.0 Å². The summed E-state index contributed by atoms with van der Waals surface area (Å²) in [5.74, 6) is 0. The molecule has 0 unspecified atom stereocenters. The van der Waals surface area contributed by atoms with Crippen LogP contribution in [0.5, 0.6) is 0 Å². The Balaban J connectivity index is 1.88. The number of benzene rings is 2. The molecule has 2 N–H and O–H groups in total. The third kappa shape index (κ3) is 3.53. The maximum absolute atomic E-state index is 11.9. The molecule has 3 rings (SSSR count). The van der Waals surface area contributed by atoms with Crippen LogP contribution in [0, 0.1) is 13.8 Å². The summed E-state index contributed by atoms with van der Waals surface area (Å²) in [6.07, 6.45) is 0. The topological polar surface area (TPSA) is 46.8 Å². The van der Waals surface area contributed by atoms with E-state index in [9.17, 15) is 4.79 Å². The fourth-order valence-electron chi connectivity index (χ4n) is 2.86. The third-order valence-electron chi connectivity index (χ3n) is 4.53. The fourth-order valence-corrected chi connectivity index (χ4v) is 2.98. The van der Waals surface area contributed by atoms with Crippen LogP contribution in [-0.4, -0.2) is 0 Å². The number of halogens is 1. The van der Waals surface area contributed by atoms with Crippen molar-refractivity contribution in [3.8, 4) is 0 Å². The highest BCUT2D eigenvalue weighted by Crippen LogP contribution is 2.21. The van der Waals surface area contributed by atoms with Crippen LogP contribution in [0.3, 0.4) is 0 Å². The van der Waals surface area contributed by atoms with Crippen molar-refractivity contribution in [1.82, 2.24) is 0 Å². The van der Waals surface area contributed by atoms with E-state index in [1.165, 1.54) is 11.1 Å². The SMILES string of the molecule is Cc1cc2oc(=O)cc(C[NH2+][C@@H](C)c3ccc(Cl)cc3)c2cc1C. The van der Waals surface area contributed by atoms with Crippen molar-refractivity contribution in [2.45, 2.75) is 33.4 Å². The molecule has 2 aromatic carbocycles. The van der Waals surface area contributed by atoms with E-state index in [1.807, 2.05) is 37.3 Å². The second kappa shape index (κ2) is 6.80. The predicted octanol–water partition coefficient (Wildman–Crippen LogP) is 3.89. The van der Waals surface area contributed by atoms with Gasteiger partial charge in [0.2, 0.25) is 0 Å². The summed E-state index contributed by atoms with van der Waals surface area (Å²) in [4.78, 5) is 11.9. The molecular formula is C20H21ClNO2+. The molecule has 0 fully saturated rings. The first-order valence-corrected chi connectivity index (χ1v) is 8.44. The van der Waals surface area contributed by atoms with Gasteiger partial charge in [-0.2, -0.15) is 0 Å². The summed E-state index contributed by atoms with van der Waals surface area (Å²) < 4.78 is 5.36. The van der Waals surface area contributed by atoms with Gasteiger partial charge >= 0.3 is 5.63 Å². The van der Waals surface area contributed by atoms with E-state index < -0.39 is 0 Å². The fraction of sp³-hybridized carbons (Fsp3) is 0.250. The van der Waals surface area contributed by atoms with E-state index in [0.717, 1.165) is 21.5 Å². The third-order valence-corrected chi connectivity index (χ3v) is 4.78. The summed E-state index contributed by atoms with van der Waals surface area (Å²) in [5, 5.41) is 3.97. The van der Waals surface area contributed by atoms with Gasteiger partial charge in [-0.15, -0.1) is 0 Å². The minimum Gasteiger partial charge on any atom is -0.423 e.